The van der Waals surface area contributed by atoms with Crippen LogP contribution in [0.1, 0.15) is 23.6 Å². The molecule has 0 aliphatic carbocycles. The van der Waals surface area contributed by atoms with Crippen molar-refractivity contribution in [3.63, 3.8) is 0 Å². The molecule has 3 rings (SSSR count). The van der Waals surface area contributed by atoms with E-state index < -0.39 is 10.0 Å². The Morgan fingerprint density at radius 3 is 2.46 bits per heavy atom. The van der Waals surface area contributed by atoms with Crippen molar-refractivity contribution in [1.82, 2.24) is 4.72 Å². The fourth-order valence-electron chi connectivity index (χ4n) is 2.67. The molecule has 4 nitrogen and oxygen atoms in total. The van der Waals surface area contributed by atoms with Crippen molar-refractivity contribution in [2.45, 2.75) is 20.4 Å². The Kier molecular flexibility index (Phi) is 4.47. The van der Waals surface area contributed by atoms with Crippen LogP contribution in [0.15, 0.2) is 59.1 Å². The summed E-state index contributed by atoms with van der Waals surface area (Å²) in [5.41, 5.74) is 3.40. The van der Waals surface area contributed by atoms with Gasteiger partial charge in [0, 0.05) is 10.6 Å². The molecule has 1 N–H and O–H groups in total. The van der Waals surface area contributed by atoms with Crippen LogP contribution in [0.25, 0.3) is 4.91 Å². The van der Waals surface area contributed by atoms with Gasteiger partial charge in [0.1, 0.15) is 10.7 Å². The van der Waals surface area contributed by atoms with E-state index in [9.17, 15) is 8.42 Å². The molecule has 0 unspecified atom stereocenters. The van der Waals surface area contributed by atoms with Crippen molar-refractivity contribution < 1.29 is 8.42 Å². The van der Waals surface area contributed by atoms with Crippen LogP contribution in [0.2, 0.25) is 5.02 Å². The molecular formula is C18H17ClN2O2S. The van der Waals surface area contributed by atoms with Crippen LogP contribution in [0, 0.1) is 6.92 Å². The zero-order valence-electron chi connectivity index (χ0n) is 13.4. The van der Waals surface area contributed by atoms with Gasteiger partial charge >= 0.3 is 0 Å². The van der Waals surface area contributed by atoms with Crippen LogP contribution in [0.4, 0.5) is 0 Å². The Bertz CT molecular complexity index is 945. The number of hydrogen-bond donors (Lipinski definition) is 1. The lowest BCUT2D eigenvalue weighted by molar-refractivity contribution is 0.603. The number of halogens is 1. The van der Waals surface area contributed by atoms with E-state index in [1.54, 1.807) is 31.2 Å². The lowest BCUT2D eigenvalue weighted by atomic mass is 10.1. The average Bonchev–Trinajstić information content (AvgIpc) is 2.76. The van der Waals surface area contributed by atoms with E-state index in [0.717, 1.165) is 11.1 Å². The van der Waals surface area contributed by atoms with Crippen LogP contribution in [-0.2, 0) is 16.6 Å². The van der Waals surface area contributed by atoms with Crippen molar-refractivity contribution in [3.05, 3.63) is 75.8 Å². The number of aryl methyl sites for hydroxylation is 1. The second-order valence-electron chi connectivity index (χ2n) is 5.72. The summed E-state index contributed by atoms with van der Waals surface area (Å²) in [4.78, 5) is 4.70. The predicted molar refractivity (Wildman–Crippen MR) is 98.4 cm³/mol. The molecule has 0 amide bonds. The molecule has 0 saturated carbocycles. The summed E-state index contributed by atoms with van der Waals surface area (Å²) in [6.45, 7) is 4.19. The topological polar surface area (TPSA) is 58.5 Å². The number of amidine groups is 1. The molecule has 0 aromatic heterocycles. The molecule has 0 radical (unpaired) electrons. The highest BCUT2D eigenvalue weighted by Crippen LogP contribution is 2.30. The van der Waals surface area contributed by atoms with Gasteiger partial charge in [-0.25, -0.2) is 8.42 Å². The number of benzene rings is 2. The summed E-state index contributed by atoms with van der Waals surface area (Å²) in [5, 5.41) is 0.564. The summed E-state index contributed by atoms with van der Waals surface area (Å²) in [7, 11) is -3.61. The van der Waals surface area contributed by atoms with Gasteiger partial charge in [0.05, 0.1) is 6.54 Å². The Labute approximate surface area is 146 Å². The van der Waals surface area contributed by atoms with Gasteiger partial charge in [-0.3, -0.25) is 9.71 Å². The van der Waals surface area contributed by atoms with Gasteiger partial charge in [-0.15, -0.1) is 0 Å². The van der Waals surface area contributed by atoms with Crippen LogP contribution in [0.3, 0.4) is 0 Å². The SMILES string of the molecule is CC1=C(c2ccc(Cl)cc2)S(=O)(=O)NC1=NCc1cccc(C)c1. The van der Waals surface area contributed by atoms with Crippen LogP contribution >= 0.6 is 11.6 Å². The smallest absolute Gasteiger partial charge is 0.263 e. The number of nitrogens with one attached hydrogen (secondary N) is 1. The molecule has 124 valence electrons. The molecular weight excluding hydrogens is 344 g/mol. The average molecular weight is 361 g/mol. The lowest BCUT2D eigenvalue weighted by Crippen LogP contribution is -2.23. The van der Waals surface area contributed by atoms with E-state index in [0.29, 0.717) is 28.5 Å². The zero-order chi connectivity index (χ0) is 17.3. The second-order valence-corrected chi connectivity index (χ2v) is 7.78. The third-order valence-electron chi connectivity index (χ3n) is 3.80. The van der Waals surface area contributed by atoms with E-state index in [4.69, 9.17) is 11.6 Å². The zero-order valence-corrected chi connectivity index (χ0v) is 14.9. The van der Waals surface area contributed by atoms with Gasteiger partial charge < -0.3 is 0 Å². The fourth-order valence-corrected chi connectivity index (χ4v) is 4.31. The summed E-state index contributed by atoms with van der Waals surface area (Å²) < 4.78 is 27.4. The summed E-state index contributed by atoms with van der Waals surface area (Å²) in [5.74, 6) is 0.390. The maximum absolute atomic E-state index is 12.5. The van der Waals surface area contributed by atoms with Gasteiger partial charge in [0.15, 0.2) is 0 Å². The van der Waals surface area contributed by atoms with Crippen LogP contribution < -0.4 is 4.72 Å². The maximum Gasteiger partial charge on any atom is 0.264 e. The van der Waals surface area contributed by atoms with Gasteiger partial charge in [-0.1, -0.05) is 53.6 Å². The van der Waals surface area contributed by atoms with E-state index in [2.05, 4.69) is 9.71 Å². The Hall–Kier alpha value is -2.11. The quantitative estimate of drug-likeness (QED) is 0.902. The number of sulfonamides is 1. The first-order valence-electron chi connectivity index (χ1n) is 7.47. The Morgan fingerprint density at radius 2 is 1.79 bits per heavy atom. The number of rotatable bonds is 3. The van der Waals surface area contributed by atoms with E-state index in [1.807, 2.05) is 31.2 Å². The third-order valence-corrected chi connectivity index (χ3v) is 5.60. The molecule has 24 heavy (non-hydrogen) atoms. The van der Waals surface area contributed by atoms with Gasteiger partial charge in [0.25, 0.3) is 10.0 Å². The summed E-state index contributed by atoms with van der Waals surface area (Å²) >= 11 is 5.88. The minimum atomic E-state index is -3.61. The van der Waals surface area contributed by atoms with E-state index in [1.165, 1.54) is 0 Å². The fraction of sp³-hybridized carbons (Fsp3) is 0.167. The minimum absolute atomic E-state index is 0.252. The van der Waals surface area contributed by atoms with Gasteiger partial charge in [0.2, 0.25) is 0 Å². The highest BCUT2D eigenvalue weighted by Gasteiger charge is 2.32. The van der Waals surface area contributed by atoms with Crippen molar-refractivity contribution in [2.75, 3.05) is 0 Å². The molecule has 1 aliphatic heterocycles. The second kappa shape index (κ2) is 6.42. The molecule has 2 aromatic rings. The first-order chi connectivity index (χ1) is 11.4. The molecule has 0 fully saturated rings. The summed E-state index contributed by atoms with van der Waals surface area (Å²) in [6, 6.07) is 14.7. The first-order valence-corrected chi connectivity index (χ1v) is 9.33. The van der Waals surface area contributed by atoms with Crippen LogP contribution in [-0.4, -0.2) is 14.3 Å². The molecule has 2 aromatic carbocycles. The Morgan fingerprint density at radius 1 is 1.08 bits per heavy atom. The van der Waals surface area contributed by atoms with E-state index in [-0.39, 0.29) is 4.91 Å². The largest absolute Gasteiger partial charge is 0.264 e. The molecule has 1 heterocycles. The maximum atomic E-state index is 12.5. The highest BCUT2D eigenvalue weighted by atomic mass is 35.5. The number of aliphatic imine (C=N–C) groups is 1. The third kappa shape index (κ3) is 3.37. The first kappa shape index (κ1) is 16.7. The minimum Gasteiger partial charge on any atom is -0.263 e. The molecule has 0 atom stereocenters. The normalized spacial score (nSPS) is 18.0. The molecule has 0 spiro atoms. The van der Waals surface area contributed by atoms with Gasteiger partial charge in [-0.05, 0) is 37.1 Å². The Balaban J connectivity index is 1.96. The molecule has 0 saturated heterocycles. The van der Waals surface area contributed by atoms with Crippen LogP contribution in [0.5, 0.6) is 0 Å². The number of hydrogen-bond acceptors (Lipinski definition) is 3. The van der Waals surface area contributed by atoms with Crippen molar-refractivity contribution in [3.8, 4) is 0 Å². The van der Waals surface area contributed by atoms with Crippen molar-refractivity contribution in [1.29, 1.82) is 0 Å². The van der Waals surface area contributed by atoms with E-state index >= 15 is 0 Å². The number of nitrogens with zero attached hydrogens (tertiary/aromatic N) is 1. The van der Waals surface area contributed by atoms with Gasteiger partial charge in [-0.2, -0.15) is 0 Å². The van der Waals surface area contributed by atoms with Crippen molar-refractivity contribution in [2.24, 2.45) is 4.99 Å². The lowest BCUT2D eigenvalue weighted by Gasteiger charge is -2.03. The standard InChI is InChI=1S/C18H17ClN2O2S/c1-12-4-3-5-14(10-12)11-20-18-13(2)17(24(22,23)21-18)15-6-8-16(19)9-7-15/h3-10H,11H2,1-2H3,(H,20,21). The molecule has 6 heteroatoms. The molecule has 1 aliphatic rings. The molecule has 0 bridgehead atoms. The predicted octanol–water partition coefficient (Wildman–Crippen LogP) is 3.91. The van der Waals surface area contributed by atoms with Crippen molar-refractivity contribution >= 4 is 32.4 Å². The summed E-state index contributed by atoms with van der Waals surface area (Å²) in [6.07, 6.45) is 0. The highest BCUT2D eigenvalue weighted by molar-refractivity contribution is 8.00. The monoisotopic (exact) mass is 360 g/mol.